The highest BCUT2D eigenvalue weighted by atomic mass is 35.5. The van der Waals surface area contributed by atoms with Gasteiger partial charge in [-0.15, -0.1) is 0 Å². The maximum Gasteiger partial charge on any atom is 0.240 e. The molecule has 132 valence electrons. The van der Waals surface area contributed by atoms with Gasteiger partial charge in [-0.1, -0.05) is 11.6 Å². The number of benzene rings is 2. The summed E-state index contributed by atoms with van der Waals surface area (Å²) in [5.74, 6) is 0.616. The van der Waals surface area contributed by atoms with Gasteiger partial charge in [-0.25, -0.2) is 13.1 Å². The van der Waals surface area contributed by atoms with E-state index in [4.69, 9.17) is 16.3 Å². The highest BCUT2D eigenvalue weighted by Crippen LogP contribution is 2.25. The maximum atomic E-state index is 12.4. The number of hydrogen-bond donors (Lipinski definition) is 2. The van der Waals surface area contributed by atoms with Crippen LogP contribution in [0.15, 0.2) is 47.4 Å². The molecule has 25 heavy (non-hydrogen) atoms. The second kappa shape index (κ2) is 7.07. The Morgan fingerprint density at radius 2 is 1.88 bits per heavy atom. The zero-order chi connectivity index (χ0) is 18.0. The lowest BCUT2D eigenvalue weighted by Crippen LogP contribution is -2.26. The molecule has 1 aromatic heterocycles. The normalized spacial score (nSPS) is 11.8. The molecule has 0 aliphatic rings. The fourth-order valence-corrected chi connectivity index (χ4v) is 4.03. The minimum Gasteiger partial charge on any atom is -0.497 e. The molecule has 0 bridgehead atoms. The summed E-state index contributed by atoms with van der Waals surface area (Å²) < 4.78 is 32.5. The molecule has 0 spiro atoms. The summed E-state index contributed by atoms with van der Waals surface area (Å²) in [6, 6.07) is 12.0. The number of rotatable bonds is 6. The molecule has 3 aromatic rings. The molecule has 0 saturated carbocycles. The number of methoxy groups -OCH3 is 1. The van der Waals surface area contributed by atoms with Crippen LogP contribution < -0.4 is 9.46 Å². The molecule has 0 saturated heterocycles. The van der Waals surface area contributed by atoms with E-state index < -0.39 is 10.0 Å². The number of fused-ring (bicyclic) bond motifs is 1. The second-order valence-electron chi connectivity index (χ2n) is 5.74. The first-order chi connectivity index (χ1) is 11.9. The van der Waals surface area contributed by atoms with E-state index in [-0.39, 0.29) is 4.90 Å². The van der Waals surface area contributed by atoms with Crippen LogP contribution >= 0.6 is 11.6 Å². The minimum absolute atomic E-state index is 0.215. The lowest BCUT2D eigenvalue weighted by molar-refractivity contribution is 0.414. The van der Waals surface area contributed by atoms with Gasteiger partial charge < -0.3 is 9.72 Å². The number of aromatic amines is 1. The van der Waals surface area contributed by atoms with E-state index in [2.05, 4.69) is 9.71 Å². The molecular formula is C18H19ClN2O3S. The van der Waals surface area contributed by atoms with Crippen molar-refractivity contribution in [3.8, 4) is 5.75 Å². The Morgan fingerprint density at radius 3 is 2.56 bits per heavy atom. The van der Waals surface area contributed by atoms with Gasteiger partial charge in [0.25, 0.3) is 0 Å². The van der Waals surface area contributed by atoms with Crippen LogP contribution in [0.5, 0.6) is 5.75 Å². The van der Waals surface area contributed by atoms with E-state index in [1.165, 1.54) is 19.2 Å². The van der Waals surface area contributed by atoms with Gasteiger partial charge >= 0.3 is 0 Å². The van der Waals surface area contributed by atoms with Crippen LogP contribution in [0.25, 0.3) is 10.9 Å². The summed E-state index contributed by atoms with van der Waals surface area (Å²) in [7, 11) is -2.02. The Balaban J connectivity index is 1.74. The Hall–Kier alpha value is -2.02. The van der Waals surface area contributed by atoms with E-state index in [0.29, 0.717) is 23.7 Å². The van der Waals surface area contributed by atoms with E-state index in [1.54, 1.807) is 12.1 Å². The molecule has 0 aliphatic heterocycles. The predicted molar refractivity (Wildman–Crippen MR) is 99.9 cm³/mol. The molecule has 3 rings (SSSR count). The number of ether oxygens (including phenoxy) is 1. The first-order valence-electron chi connectivity index (χ1n) is 7.81. The smallest absolute Gasteiger partial charge is 0.240 e. The summed E-state index contributed by atoms with van der Waals surface area (Å²) in [5.41, 5.74) is 3.07. The lowest BCUT2D eigenvalue weighted by Gasteiger charge is -2.08. The number of hydrogen-bond acceptors (Lipinski definition) is 3. The van der Waals surface area contributed by atoms with Gasteiger partial charge in [0.15, 0.2) is 0 Å². The van der Waals surface area contributed by atoms with Crippen LogP contribution in [0.4, 0.5) is 0 Å². The predicted octanol–water partition coefficient (Wildman–Crippen LogP) is 3.66. The van der Waals surface area contributed by atoms with Gasteiger partial charge in [0.05, 0.1) is 12.0 Å². The van der Waals surface area contributed by atoms with Gasteiger partial charge in [-0.05, 0) is 61.4 Å². The van der Waals surface area contributed by atoms with Crippen LogP contribution in [-0.2, 0) is 16.4 Å². The largest absolute Gasteiger partial charge is 0.497 e. The van der Waals surface area contributed by atoms with Crippen LogP contribution in [0, 0.1) is 6.92 Å². The average Bonchev–Trinajstić information content (AvgIpc) is 2.90. The number of aryl methyl sites for hydroxylation is 1. The fourth-order valence-electron chi connectivity index (χ4n) is 2.83. The Kier molecular flexibility index (Phi) is 5.03. The Labute approximate surface area is 152 Å². The highest BCUT2D eigenvalue weighted by molar-refractivity contribution is 7.89. The van der Waals surface area contributed by atoms with Crippen molar-refractivity contribution in [2.75, 3.05) is 13.7 Å². The first kappa shape index (κ1) is 17.8. The van der Waals surface area contributed by atoms with Gasteiger partial charge in [0.2, 0.25) is 10.0 Å². The molecule has 0 atom stereocenters. The molecule has 0 amide bonds. The third-order valence-electron chi connectivity index (χ3n) is 4.12. The zero-order valence-corrected chi connectivity index (χ0v) is 15.5. The van der Waals surface area contributed by atoms with Crippen molar-refractivity contribution in [3.05, 3.63) is 58.7 Å². The van der Waals surface area contributed by atoms with E-state index in [1.807, 2.05) is 25.1 Å². The average molecular weight is 379 g/mol. The quantitative estimate of drug-likeness (QED) is 0.687. The number of H-pyrrole nitrogens is 1. The highest BCUT2D eigenvalue weighted by Gasteiger charge is 2.15. The van der Waals surface area contributed by atoms with Gasteiger partial charge in [-0.3, -0.25) is 0 Å². The van der Waals surface area contributed by atoms with Crippen molar-refractivity contribution in [3.63, 3.8) is 0 Å². The fraction of sp³-hybridized carbons (Fsp3) is 0.222. The minimum atomic E-state index is -3.55. The Bertz CT molecular complexity index is 995. The number of sulfonamides is 1. The van der Waals surface area contributed by atoms with E-state index in [0.717, 1.165) is 22.2 Å². The summed E-state index contributed by atoms with van der Waals surface area (Å²) in [6.45, 7) is 2.27. The summed E-state index contributed by atoms with van der Waals surface area (Å²) in [6.07, 6.45) is 0.571. The molecule has 0 fully saturated rings. The zero-order valence-electron chi connectivity index (χ0n) is 14.0. The third kappa shape index (κ3) is 3.81. The topological polar surface area (TPSA) is 71.2 Å². The number of nitrogens with one attached hydrogen (secondary N) is 2. The van der Waals surface area contributed by atoms with Crippen molar-refractivity contribution in [1.82, 2.24) is 9.71 Å². The summed E-state index contributed by atoms with van der Waals surface area (Å²) >= 11 is 6.08. The van der Waals surface area contributed by atoms with E-state index in [9.17, 15) is 8.42 Å². The monoisotopic (exact) mass is 378 g/mol. The lowest BCUT2D eigenvalue weighted by atomic mass is 10.1. The number of halogens is 1. The molecule has 0 unspecified atom stereocenters. The molecule has 0 radical (unpaired) electrons. The van der Waals surface area contributed by atoms with Crippen molar-refractivity contribution in [2.24, 2.45) is 0 Å². The molecule has 2 aromatic carbocycles. The molecule has 7 heteroatoms. The van der Waals surface area contributed by atoms with Crippen molar-refractivity contribution >= 4 is 32.5 Å². The molecule has 1 heterocycles. The van der Waals surface area contributed by atoms with Gasteiger partial charge in [0, 0.05) is 28.2 Å². The molecule has 2 N–H and O–H groups in total. The summed E-state index contributed by atoms with van der Waals surface area (Å²) in [5, 5.41) is 1.68. The molecule has 0 aliphatic carbocycles. The molecular weight excluding hydrogens is 360 g/mol. The summed E-state index contributed by atoms with van der Waals surface area (Å²) in [4.78, 5) is 3.51. The van der Waals surface area contributed by atoms with Crippen LogP contribution in [0.1, 0.15) is 11.3 Å². The van der Waals surface area contributed by atoms with Gasteiger partial charge in [-0.2, -0.15) is 0 Å². The van der Waals surface area contributed by atoms with Crippen molar-refractivity contribution in [2.45, 2.75) is 18.2 Å². The first-order valence-corrected chi connectivity index (χ1v) is 9.67. The van der Waals surface area contributed by atoms with Crippen LogP contribution in [-0.4, -0.2) is 27.1 Å². The second-order valence-corrected chi connectivity index (χ2v) is 7.95. The Morgan fingerprint density at radius 1 is 1.16 bits per heavy atom. The SMILES string of the molecule is COc1ccc(S(=O)(=O)NCCc2c(C)[nH]c3ccc(Cl)cc23)cc1. The van der Waals surface area contributed by atoms with Gasteiger partial charge in [0.1, 0.15) is 5.75 Å². The molecule has 5 nitrogen and oxygen atoms in total. The van der Waals surface area contributed by atoms with Crippen LogP contribution in [0.3, 0.4) is 0 Å². The standard InChI is InChI=1S/C18H19ClN2O3S/c1-12-16(17-11-13(19)3-8-18(17)21-12)9-10-20-25(22,23)15-6-4-14(24-2)5-7-15/h3-8,11,20-21H,9-10H2,1-2H3. The number of aromatic nitrogens is 1. The van der Waals surface area contributed by atoms with Crippen molar-refractivity contribution < 1.29 is 13.2 Å². The maximum absolute atomic E-state index is 12.4. The van der Waals surface area contributed by atoms with Crippen LogP contribution in [0.2, 0.25) is 5.02 Å². The van der Waals surface area contributed by atoms with Crippen molar-refractivity contribution in [1.29, 1.82) is 0 Å². The third-order valence-corrected chi connectivity index (χ3v) is 5.83. The van der Waals surface area contributed by atoms with E-state index >= 15 is 0 Å².